The first-order chi connectivity index (χ1) is 13.7. The number of carbonyl (C=O) groups excluding carboxylic acids is 1. The quantitative estimate of drug-likeness (QED) is 0.449. The summed E-state index contributed by atoms with van der Waals surface area (Å²) in [5.41, 5.74) is -1.12. The van der Waals surface area contributed by atoms with E-state index >= 15 is 0 Å². The van der Waals surface area contributed by atoms with Gasteiger partial charge in [-0.15, -0.1) is 11.3 Å². The van der Waals surface area contributed by atoms with Gasteiger partial charge in [-0.25, -0.2) is 18.0 Å². The van der Waals surface area contributed by atoms with Crippen molar-refractivity contribution in [2.45, 2.75) is 0 Å². The number of methoxy groups -OCH3 is 1. The minimum Gasteiger partial charge on any atom is -0.491 e. The Hall–Kier alpha value is -3.40. The molecular weight excluding hydrogens is 414 g/mol. The van der Waals surface area contributed by atoms with Crippen molar-refractivity contribution in [3.05, 3.63) is 70.1 Å². The van der Waals surface area contributed by atoms with Crippen LogP contribution in [0.1, 0.15) is 20.7 Å². The molecule has 29 heavy (non-hydrogen) atoms. The number of rotatable bonds is 5. The van der Waals surface area contributed by atoms with Crippen molar-refractivity contribution in [1.29, 1.82) is 0 Å². The van der Waals surface area contributed by atoms with Gasteiger partial charge in [0.2, 0.25) is 5.82 Å². The summed E-state index contributed by atoms with van der Waals surface area (Å²) >= 11 is 0.937. The molecule has 0 aliphatic heterocycles. The second-order valence-corrected chi connectivity index (χ2v) is 6.57. The zero-order chi connectivity index (χ0) is 21.3. The second kappa shape index (κ2) is 7.92. The fourth-order valence-electron chi connectivity index (χ4n) is 2.60. The van der Waals surface area contributed by atoms with Crippen LogP contribution in [0.5, 0.6) is 5.75 Å². The Morgan fingerprint density at radius 3 is 2.31 bits per heavy atom. The molecule has 1 aromatic heterocycles. The number of benzene rings is 2. The van der Waals surface area contributed by atoms with Crippen LogP contribution in [0.3, 0.4) is 0 Å². The third-order valence-corrected chi connectivity index (χ3v) is 4.95. The zero-order valence-corrected chi connectivity index (χ0v) is 15.4. The molecule has 0 radical (unpaired) electrons. The second-order valence-electron chi connectivity index (χ2n) is 5.69. The first-order valence-corrected chi connectivity index (χ1v) is 8.76. The molecule has 1 heterocycles. The lowest BCUT2D eigenvalue weighted by Crippen LogP contribution is -2.17. The molecule has 10 heteroatoms. The average molecular weight is 425 g/mol. The van der Waals surface area contributed by atoms with Gasteiger partial charge < -0.3 is 15.2 Å². The highest BCUT2D eigenvalue weighted by Gasteiger charge is 2.26. The van der Waals surface area contributed by atoms with Crippen LogP contribution in [0.2, 0.25) is 0 Å². The standard InChI is InChI=1S/C19H11F4NO4S/c1-28-16-11(21)6-10(14(22)15(16)23)18(25)24-12-7-29-17(13(12)19(26)27)8-2-4-9(20)5-3-8/h2-7H,1H3,(H,24,25)(H,26,27). The molecule has 1 amide bonds. The van der Waals surface area contributed by atoms with Crippen LogP contribution in [-0.4, -0.2) is 24.1 Å². The number of thiophene rings is 1. The molecular formula is C19H11F4NO4S. The van der Waals surface area contributed by atoms with Crippen molar-refractivity contribution >= 4 is 28.9 Å². The predicted molar refractivity (Wildman–Crippen MR) is 97.5 cm³/mol. The minimum atomic E-state index is -1.69. The Morgan fingerprint density at radius 1 is 1.07 bits per heavy atom. The largest absolute Gasteiger partial charge is 0.491 e. The number of amides is 1. The topological polar surface area (TPSA) is 75.6 Å². The van der Waals surface area contributed by atoms with Crippen LogP contribution in [-0.2, 0) is 0 Å². The number of carboxylic acid groups (broad SMARTS) is 1. The summed E-state index contributed by atoms with van der Waals surface area (Å²) in [6, 6.07) is 5.43. The fourth-order valence-corrected chi connectivity index (χ4v) is 3.60. The van der Waals surface area contributed by atoms with E-state index in [-0.39, 0.29) is 16.1 Å². The molecule has 0 fully saturated rings. The smallest absolute Gasteiger partial charge is 0.339 e. The lowest BCUT2D eigenvalue weighted by molar-refractivity contribution is 0.0699. The summed E-state index contributed by atoms with van der Waals surface area (Å²) < 4.78 is 59.3. The molecule has 0 aliphatic carbocycles. The maximum atomic E-state index is 14.1. The Balaban J connectivity index is 2.00. The molecule has 0 saturated carbocycles. The number of halogens is 4. The average Bonchev–Trinajstić information content (AvgIpc) is 3.09. The third kappa shape index (κ3) is 3.79. The van der Waals surface area contributed by atoms with Gasteiger partial charge in [-0.05, 0) is 23.8 Å². The van der Waals surface area contributed by atoms with Crippen molar-refractivity contribution in [2.75, 3.05) is 12.4 Å². The first-order valence-electron chi connectivity index (χ1n) is 7.88. The van der Waals surface area contributed by atoms with E-state index in [2.05, 4.69) is 10.1 Å². The summed E-state index contributed by atoms with van der Waals surface area (Å²) in [6.07, 6.45) is 0. The molecule has 0 spiro atoms. The molecule has 0 saturated heterocycles. The molecule has 0 bridgehead atoms. The van der Waals surface area contributed by atoms with Gasteiger partial charge in [0, 0.05) is 5.38 Å². The first kappa shape index (κ1) is 20.3. The number of hydrogen-bond acceptors (Lipinski definition) is 4. The zero-order valence-electron chi connectivity index (χ0n) is 14.6. The van der Waals surface area contributed by atoms with Crippen LogP contribution in [0.4, 0.5) is 23.2 Å². The SMILES string of the molecule is COc1c(F)cc(C(=O)Nc2csc(-c3ccc(F)cc3)c2C(=O)O)c(F)c1F. The molecule has 0 unspecified atom stereocenters. The van der Waals surface area contributed by atoms with E-state index in [1.54, 1.807) is 0 Å². The molecule has 3 rings (SSSR count). The van der Waals surface area contributed by atoms with Gasteiger partial charge in [-0.3, -0.25) is 4.79 Å². The Morgan fingerprint density at radius 2 is 1.72 bits per heavy atom. The third-order valence-electron chi connectivity index (χ3n) is 3.92. The van der Waals surface area contributed by atoms with E-state index < -0.39 is 46.5 Å². The molecule has 0 atom stereocenters. The predicted octanol–water partition coefficient (Wildman–Crippen LogP) is 4.93. The number of ether oxygens (including phenoxy) is 1. The molecule has 0 aliphatic rings. The molecule has 2 N–H and O–H groups in total. The number of hydrogen-bond donors (Lipinski definition) is 2. The van der Waals surface area contributed by atoms with Gasteiger partial charge in [-0.1, -0.05) is 12.1 Å². The van der Waals surface area contributed by atoms with Gasteiger partial charge in [-0.2, -0.15) is 4.39 Å². The van der Waals surface area contributed by atoms with Gasteiger partial charge >= 0.3 is 5.97 Å². The monoisotopic (exact) mass is 425 g/mol. The van der Waals surface area contributed by atoms with Gasteiger partial charge in [0.1, 0.15) is 11.4 Å². The van der Waals surface area contributed by atoms with E-state index in [0.29, 0.717) is 11.6 Å². The van der Waals surface area contributed by atoms with Gasteiger partial charge in [0.05, 0.1) is 23.2 Å². The van der Waals surface area contributed by atoms with Crippen molar-refractivity contribution in [3.63, 3.8) is 0 Å². The van der Waals surface area contributed by atoms with E-state index in [1.807, 2.05) is 0 Å². The number of aromatic carboxylic acids is 1. The van der Waals surface area contributed by atoms with Crippen molar-refractivity contribution in [2.24, 2.45) is 0 Å². The van der Waals surface area contributed by atoms with E-state index in [0.717, 1.165) is 30.6 Å². The highest BCUT2D eigenvalue weighted by atomic mass is 32.1. The fraction of sp³-hybridized carbons (Fsp3) is 0.0526. The number of carboxylic acids is 1. The summed E-state index contributed by atoms with van der Waals surface area (Å²) in [5, 5.41) is 12.9. The van der Waals surface area contributed by atoms with Crippen LogP contribution in [0.25, 0.3) is 10.4 Å². The molecule has 2 aromatic carbocycles. The van der Waals surface area contributed by atoms with Gasteiger partial charge in [0.25, 0.3) is 5.91 Å². The van der Waals surface area contributed by atoms with Crippen LogP contribution in [0, 0.1) is 23.3 Å². The lowest BCUT2D eigenvalue weighted by atomic mass is 10.1. The Bertz CT molecular complexity index is 1110. The number of nitrogens with one attached hydrogen (secondary N) is 1. The summed E-state index contributed by atoms with van der Waals surface area (Å²) in [7, 11) is 0.933. The van der Waals surface area contributed by atoms with E-state index in [9.17, 15) is 32.3 Å². The van der Waals surface area contributed by atoms with E-state index in [4.69, 9.17) is 0 Å². The normalized spacial score (nSPS) is 10.7. The summed E-state index contributed by atoms with van der Waals surface area (Å²) in [5.74, 6) is -8.80. The lowest BCUT2D eigenvalue weighted by Gasteiger charge is -2.10. The van der Waals surface area contributed by atoms with Crippen molar-refractivity contribution in [3.8, 4) is 16.2 Å². The van der Waals surface area contributed by atoms with E-state index in [1.165, 1.54) is 17.5 Å². The van der Waals surface area contributed by atoms with Crippen LogP contribution < -0.4 is 10.1 Å². The highest BCUT2D eigenvalue weighted by Crippen LogP contribution is 2.36. The Labute approximate surface area is 165 Å². The molecule has 3 aromatic rings. The molecule has 5 nitrogen and oxygen atoms in total. The molecule has 150 valence electrons. The minimum absolute atomic E-state index is 0.206. The van der Waals surface area contributed by atoms with Crippen molar-refractivity contribution < 1.29 is 37.0 Å². The number of anilines is 1. The van der Waals surface area contributed by atoms with Gasteiger partial charge in [0.15, 0.2) is 17.4 Å². The maximum absolute atomic E-state index is 14.1. The summed E-state index contributed by atoms with van der Waals surface area (Å²) in [4.78, 5) is 24.2. The maximum Gasteiger partial charge on any atom is 0.339 e. The number of carbonyl (C=O) groups is 2. The highest BCUT2D eigenvalue weighted by molar-refractivity contribution is 7.14. The summed E-state index contributed by atoms with van der Waals surface area (Å²) in [6.45, 7) is 0. The van der Waals surface area contributed by atoms with Crippen molar-refractivity contribution in [1.82, 2.24) is 0 Å². The Kier molecular flexibility index (Phi) is 5.55. The van der Waals surface area contributed by atoms with Crippen LogP contribution in [0.15, 0.2) is 35.7 Å². The van der Waals surface area contributed by atoms with Crippen LogP contribution >= 0.6 is 11.3 Å².